The summed E-state index contributed by atoms with van der Waals surface area (Å²) < 4.78 is 1.44. The van der Waals surface area contributed by atoms with Gasteiger partial charge in [0.2, 0.25) is 17.7 Å². The lowest BCUT2D eigenvalue weighted by atomic mass is 9.83. The van der Waals surface area contributed by atoms with Gasteiger partial charge in [-0.1, -0.05) is 108 Å². The topological polar surface area (TPSA) is 88.5 Å². The molecule has 7 rings (SSSR count). The summed E-state index contributed by atoms with van der Waals surface area (Å²) in [6.07, 6.45) is 0. The number of imide groups is 1. The molecule has 5 aromatic rings. The van der Waals surface area contributed by atoms with Crippen molar-refractivity contribution in [1.82, 2.24) is 4.57 Å². The molecule has 3 amide bonds. The third-order valence-electron chi connectivity index (χ3n) is 7.59. The molecule has 0 bridgehead atoms. The second-order valence-electron chi connectivity index (χ2n) is 10.00. The van der Waals surface area contributed by atoms with Crippen molar-refractivity contribution in [3.05, 3.63) is 123 Å². The van der Waals surface area contributed by atoms with E-state index in [0.717, 1.165) is 27.7 Å². The summed E-state index contributed by atoms with van der Waals surface area (Å²) in [6, 6.07) is 31.9. The zero-order valence-electron chi connectivity index (χ0n) is 21.6. The first-order valence-electron chi connectivity index (χ1n) is 13.2. The lowest BCUT2D eigenvalue weighted by Crippen LogP contribution is -2.33. The normalized spacial score (nSPS) is 19.7. The van der Waals surface area contributed by atoms with Gasteiger partial charge in [-0.25, -0.2) is 4.90 Å². The monoisotopic (exact) mass is 577 g/mol. The number of para-hydroxylation sites is 1. The van der Waals surface area contributed by atoms with Crippen molar-refractivity contribution in [3.63, 3.8) is 0 Å². The lowest BCUT2D eigenvalue weighted by molar-refractivity contribution is -0.122. The molecular formula is C32H23N3O4S2. The van der Waals surface area contributed by atoms with Crippen molar-refractivity contribution in [3.8, 4) is 0 Å². The molecular weight excluding hydrogens is 555 g/mol. The molecule has 7 nitrogen and oxygen atoms in total. The minimum absolute atomic E-state index is 0.204. The first-order valence-corrected chi connectivity index (χ1v) is 14.9. The Morgan fingerprint density at radius 3 is 2.24 bits per heavy atom. The van der Waals surface area contributed by atoms with Crippen LogP contribution in [0, 0.1) is 5.92 Å². The van der Waals surface area contributed by atoms with Crippen molar-refractivity contribution in [1.29, 1.82) is 0 Å². The Balaban J connectivity index is 1.27. The summed E-state index contributed by atoms with van der Waals surface area (Å²) >= 11 is 2.26. The maximum atomic E-state index is 13.9. The van der Waals surface area contributed by atoms with Crippen molar-refractivity contribution >= 4 is 63.0 Å². The smallest absolute Gasteiger partial charge is 0.308 e. The minimum atomic E-state index is -0.721. The van der Waals surface area contributed by atoms with Gasteiger partial charge in [-0.15, -0.1) is 0 Å². The molecule has 2 aliphatic rings. The Bertz CT molecular complexity index is 1880. The van der Waals surface area contributed by atoms with E-state index in [4.69, 9.17) is 0 Å². The fraction of sp³-hybridized carbons (Fsp3) is 0.125. The number of thioether (sulfide) groups is 1. The standard InChI is InChI=1S/C32H23N3O4S2/c36-24(33-23-17-9-13-19-10-7-8-16-22(19)23)18-34-31-28(41-32(34)39)25(20-11-3-1-4-12-20)26-27(40-31)30(38)35(29(26)37)21-14-5-2-6-15-21/h1-17,25-27H,18H2,(H,33,36)/t25-,26?,27?/m1/s1. The van der Waals surface area contributed by atoms with E-state index in [2.05, 4.69) is 5.32 Å². The Hall–Kier alpha value is -4.47. The summed E-state index contributed by atoms with van der Waals surface area (Å²) in [5.41, 5.74) is 2.04. The second kappa shape index (κ2) is 10.2. The van der Waals surface area contributed by atoms with Crippen LogP contribution < -0.4 is 15.1 Å². The second-order valence-corrected chi connectivity index (χ2v) is 12.1. The molecule has 41 heavy (non-hydrogen) atoms. The van der Waals surface area contributed by atoms with E-state index >= 15 is 0 Å². The van der Waals surface area contributed by atoms with Gasteiger partial charge in [0.15, 0.2) is 0 Å². The van der Waals surface area contributed by atoms with Crippen molar-refractivity contribution in [2.75, 3.05) is 10.2 Å². The molecule has 4 aromatic carbocycles. The minimum Gasteiger partial charge on any atom is -0.324 e. The van der Waals surface area contributed by atoms with Crippen molar-refractivity contribution < 1.29 is 14.4 Å². The number of rotatable bonds is 5. The van der Waals surface area contributed by atoms with E-state index in [1.807, 2.05) is 78.9 Å². The van der Waals surface area contributed by atoms with Gasteiger partial charge in [0.05, 0.1) is 16.6 Å². The molecule has 1 saturated heterocycles. The van der Waals surface area contributed by atoms with Crippen LogP contribution in [0.4, 0.5) is 11.4 Å². The van der Waals surface area contributed by atoms with E-state index in [-0.39, 0.29) is 29.1 Å². The zero-order chi connectivity index (χ0) is 28.1. The molecule has 0 saturated carbocycles. The number of thiazole rings is 1. The average molecular weight is 578 g/mol. The van der Waals surface area contributed by atoms with E-state index in [0.29, 0.717) is 21.3 Å². The Morgan fingerprint density at radius 2 is 1.46 bits per heavy atom. The van der Waals surface area contributed by atoms with Crippen LogP contribution in [0.15, 0.2) is 113 Å². The molecule has 202 valence electrons. The summed E-state index contributed by atoms with van der Waals surface area (Å²) in [6.45, 7) is -0.204. The maximum Gasteiger partial charge on any atom is 0.308 e. The highest BCUT2D eigenvalue weighted by Crippen LogP contribution is 2.53. The molecule has 1 N–H and O–H groups in total. The number of hydrogen-bond donors (Lipinski definition) is 1. The molecule has 3 atom stereocenters. The summed E-state index contributed by atoms with van der Waals surface area (Å²) in [5.74, 6) is -2.09. The van der Waals surface area contributed by atoms with Gasteiger partial charge in [-0.3, -0.25) is 23.7 Å². The highest BCUT2D eigenvalue weighted by atomic mass is 32.2. The fourth-order valence-electron chi connectivity index (χ4n) is 5.77. The Morgan fingerprint density at radius 1 is 0.780 bits per heavy atom. The van der Waals surface area contributed by atoms with Crippen LogP contribution >= 0.6 is 23.1 Å². The number of aromatic nitrogens is 1. The molecule has 2 unspecified atom stereocenters. The number of nitrogens with zero attached hydrogens (tertiary/aromatic N) is 2. The number of hydrogen-bond acceptors (Lipinski definition) is 6. The summed E-state index contributed by atoms with van der Waals surface area (Å²) in [4.78, 5) is 56.0. The van der Waals surface area contributed by atoms with Crippen LogP contribution in [0.1, 0.15) is 16.4 Å². The van der Waals surface area contributed by atoms with Crippen molar-refractivity contribution in [2.45, 2.75) is 22.7 Å². The number of benzene rings is 4. The third kappa shape index (κ3) is 4.29. The van der Waals surface area contributed by atoms with Gasteiger partial charge in [-0.05, 0) is 29.1 Å². The Labute approximate surface area is 243 Å². The molecule has 9 heteroatoms. The fourth-order valence-corrected chi connectivity index (χ4v) is 8.55. The molecule has 1 aromatic heterocycles. The summed E-state index contributed by atoms with van der Waals surface area (Å²) in [7, 11) is 0. The zero-order valence-corrected chi connectivity index (χ0v) is 23.2. The van der Waals surface area contributed by atoms with Crippen LogP contribution in [-0.4, -0.2) is 27.5 Å². The quantitative estimate of drug-likeness (QED) is 0.279. The van der Waals surface area contributed by atoms with E-state index in [9.17, 15) is 19.2 Å². The number of fused-ring (bicyclic) bond motifs is 3. The first kappa shape index (κ1) is 25.5. The number of carbonyl (C=O) groups is 3. The highest BCUT2D eigenvalue weighted by molar-refractivity contribution is 8.00. The predicted octanol–water partition coefficient (Wildman–Crippen LogP) is 5.50. The van der Waals surface area contributed by atoms with Gasteiger partial charge in [0.25, 0.3) is 0 Å². The molecule has 0 radical (unpaired) electrons. The largest absolute Gasteiger partial charge is 0.324 e. The van der Waals surface area contributed by atoms with Gasteiger partial charge in [-0.2, -0.15) is 0 Å². The Kier molecular flexibility index (Phi) is 6.33. The van der Waals surface area contributed by atoms with Gasteiger partial charge >= 0.3 is 4.87 Å². The number of carbonyl (C=O) groups excluding carboxylic acids is 3. The maximum absolute atomic E-state index is 13.9. The third-order valence-corrected chi connectivity index (χ3v) is 10.2. The van der Waals surface area contributed by atoms with Gasteiger partial charge < -0.3 is 5.32 Å². The predicted molar refractivity (Wildman–Crippen MR) is 162 cm³/mol. The molecule has 1 fully saturated rings. The van der Waals surface area contributed by atoms with E-state index < -0.39 is 17.1 Å². The van der Waals surface area contributed by atoms with E-state index in [1.54, 1.807) is 24.3 Å². The van der Waals surface area contributed by atoms with Crippen LogP contribution in [0.5, 0.6) is 0 Å². The van der Waals surface area contributed by atoms with Crippen LogP contribution in [0.2, 0.25) is 0 Å². The van der Waals surface area contributed by atoms with Crippen molar-refractivity contribution in [2.24, 2.45) is 5.92 Å². The van der Waals surface area contributed by atoms with Crippen LogP contribution in [0.3, 0.4) is 0 Å². The van der Waals surface area contributed by atoms with Crippen LogP contribution in [0.25, 0.3) is 10.8 Å². The average Bonchev–Trinajstić information content (AvgIpc) is 3.44. The van der Waals surface area contributed by atoms with Crippen LogP contribution in [-0.2, 0) is 20.9 Å². The molecule has 0 spiro atoms. The lowest BCUT2D eigenvalue weighted by Gasteiger charge is -2.30. The number of amides is 3. The SMILES string of the molecule is O=C(Cn1c2c(sc1=O)[C@H](c1ccccc1)C1C(=O)N(c3ccccc3)C(=O)C1S2)Nc1cccc2ccccc12. The summed E-state index contributed by atoms with van der Waals surface area (Å²) in [5, 5.41) is 4.71. The number of anilines is 2. The highest BCUT2D eigenvalue weighted by Gasteiger charge is 2.56. The first-order chi connectivity index (χ1) is 20.0. The number of nitrogens with one attached hydrogen (secondary N) is 1. The van der Waals surface area contributed by atoms with Gasteiger partial charge in [0.1, 0.15) is 11.8 Å². The van der Waals surface area contributed by atoms with E-state index in [1.165, 1.54) is 21.2 Å². The molecule has 3 heterocycles. The molecule has 0 aliphatic carbocycles. The van der Waals surface area contributed by atoms with Gasteiger partial charge in [0, 0.05) is 21.9 Å². The molecule has 2 aliphatic heterocycles.